The van der Waals surface area contributed by atoms with E-state index in [0.29, 0.717) is 11.9 Å². The topological polar surface area (TPSA) is 66.5 Å². The Morgan fingerprint density at radius 1 is 1.28 bits per heavy atom. The molecule has 0 radical (unpaired) electrons. The van der Waals surface area contributed by atoms with Gasteiger partial charge in [0.1, 0.15) is 0 Å². The van der Waals surface area contributed by atoms with Crippen LogP contribution in [0.2, 0.25) is 5.02 Å². The highest BCUT2D eigenvalue weighted by molar-refractivity contribution is 6.30. The summed E-state index contributed by atoms with van der Waals surface area (Å²) in [7, 11) is 0. The largest absolute Gasteiger partial charge is 0.347 e. The van der Waals surface area contributed by atoms with E-state index in [2.05, 4.69) is 46.5 Å². The molecule has 1 aliphatic carbocycles. The maximum absolute atomic E-state index is 6.10. The minimum absolute atomic E-state index is 0.219. The van der Waals surface area contributed by atoms with Crippen molar-refractivity contribution in [1.82, 2.24) is 20.2 Å². The number of hydrogen-bond acceptors (Lipinski definition) is 4. The van der Waals surface area contributed by atoms with Crippen LogP contribution in [0, 0.1) is 0 Å². The Kier molecular flexibility index (Phi) is 4.17. The van der Waals surface area contributed by atoms with Crippen LogP contribution in [0.5, 0.6) is 0 Å². The number of aromatic amines is 1. The lowest BCUT2D eigenvalue weighted by Gasteiger charge is -2.15. The van der Waals surface area contributed by atoms with Crippen LogP contribution in [-0.4, -0.2) is 20.2 Å². The first-order chi connectivity index (χ1) is 12.1. The number of nitrogens with zero attached hydrogens (tertiary/aromatic N) is 3. The van der Waals surface area contributed by atoms with E-state index in [-0.39, 0.29) is 6.04 Å². The van der Waals surface area contributed by atoms with Gasteiger partial charge in [-0.1, -0.05) is 31.5 Å². The van der Waals surface area contributed by atoms with E-state index in [0.717, 1.165) is 34.8 Å². The van der Waals surface area contributed by atoms with Crippen molar-refractivity contribution in [2.45, 2.75) is 38.6 Å². The first-order valence-electron chi connectivity index (χ1n) is 8.53. The Morgan fingerprint density at radius 3 is 3.00 bits per heavy atom. The van der Waals surface area contributed by atoms with E-state index in [1.54, 1.807) is 6.20 Å². The molecule has 25 heavy (non-hydrogen) atoms. The molecule has 128 valence electrons. The maximum atomic E-state index is 6.10. The van der Waals surface area contributed by atoms with Crippen LogP contribution in [0.3, 0.4) is 0 Å². The van der Waals surface area contributed by atoms with Gasteiger partial charge in [0.2, 0.25) is 5.95 Å². The minimum Gasteiger partial charge on any atom is -0.347 e. The summed E-state index contributed by atoms with van der Waals surface area (Å²) in [5.41, 5.74) is 5.58. The third-order valence-electron chi connectivity index (χ3n) is 4.66. The van der Waals surface area contributed by atoms with Crippen molar-refractivity contribution in [3.63, 3.8) is 0 Å². The molecule has 1 aliphatic rings. The fourth-order valence-electron chi connectivity index (χ4n) is 3.41. The van der Waals surface area contributed by atoms with Crippen molar-refractivity contribution in [3.05, 3.63) is 58.5 Å². The standard InChI is InChI=1S/C19H20ClN5/c1-11(2)18-15(10-22-25-18)17-7-8-21-19(24-17)23-16-6-3-12-9-13(20)4-5-14(12)16/h4-5,7-11,16H,3,6H2,1-2H3,(H,22,25)(H,21,23,24). The highest BCUT2D eigenvalue weighted by Crippen LogP contribution is 2.35. The number of nitrogens with one attached hydrogen (secondary N) is 2. The monoisotopic (exact) mass is 353 g/mol. The molecule has 5 nitrogen and oxygen atoms in total. The summed E-state index contributed by atoms with van der Waals surface area (Å²) in [5.74, 6) is 0.997. The predicted octanol–water partition coefficient (Wildman–Crippen LogP) is 4.74. The number of hydrogen-bond donors (Lipinski definition) is 2. The molecule has 1 unspecified atom stereocenters. The highest BCUT2D eigenvalue weighted by atomic mass is 35.5. The Bertz CT molecular complexity index is 902. The minimum atomic E-state index is 0.219. The van der Waals surface area contributed by atoms with Gasteiger partial charge in [0, 0.05) is 22.5 Å². The van der Waals surface area contributed by atoms with Gasteiger partial charge in [0.05, 0.1) is 17.9 Å². The molecule has 2 heterocycles. The average molecular weight is 354 g/mol. The van der Waals surface area contributed by atoms with E-state index in [9.17, 15) is 0 Å². The molecule has 1 atom stereocenters. The Hall–Kier alpha value is -2.40. The third-order valence-corrected chi connectivity index (χ3v) is 4.90. The van der Waals surface area contributed by atoms with Gasteiger partial charge in [0.15, 0.2) is 0 Å². The van der Waals surface area contributed by atoms with E-state index in [4.69, 9.17) is 16.6 Å². The lowest BCUT2D eigenvalue weighted by Crippen LogP contribution is -2.10. The Balaban J connectivity index is 1.60. The molecule has 1 aromatic carbocycles. The molecule has 0 fully saturated rings. The first kappa shape index (κ1) is 16.1. The summed E-state index contributed by atoms with van der Waals surface area (Å²) >= 11 is 6.10. The predicted molar refractivity (Wildman–Crippen MR) is 99.8 cm³/mol. The maximum Gasteiger partial charge on any atom is 0.223 e. The summed E-state index contributed by atoms with van der Waals surface area (Å²) in [4.78, 5) is 9.10. The van der Waals surface area contributed by atoms with Gasteiger partial charge >= 0.3 is 0 Å². The van der Waals surface area contributed by atoms with E-state index < -0.39 is 0 Å². The van der Waals surface area contributed by atoms with Crippen molar-refractivity contribution < 1.29 is 0 Å². The van der Waals surface area contributed by atoms with Gasteiger partial charge in [-0.05, 0) is 48.1 Å². The van der Waals surface area contributed by atoms with Crippen molar-refractivity contribution in [2.75, 3.05) is 5.32 Å². The summed E-state index contributed by atoms with van der Waals surface area (Å²) in [5, 5.41) is 11.5. The van der Waals surface area contributed by atoms with Crippen LogP contribution in [0.4, 0.5) is 5.95 Å². The zero-order valence-corrected chi connectivity index (χ0v) is 15.0. The summed E-state index contributed by atoms with van der Waals surface area (Å²) in [6.07, 6.45) is 5.66. The molecule has 0 saturated carbocycles. The Labute approximate surface area is 151 Å². The molecule has 3 aromatic rings. The molecule has 0 spiro atoms. The number of anilines is 1. The van der Waals surface area contributed by atoms with Gasteiger partial charge in [-0.3, -0.25) is 5.10 Å². The van der Waals surface area contributed by atoms with E-state index in [1.165, 1.54) is 11.1 Å². The van der Waals surface area contributed by atoms with Gasteiger partial charge < -0.3 is 5.32 Å². The second kappa shape index (κ2) is 6.48. The average Bonchev–Trinajstić information content (AvgIpc) is 3.22. The molecule has 0 aliphatic heterocycles. The SMILES string of the molecule is CC(C)c1[nH]ncc1-c1ccnc(NC2CCc3cc(Cl)ccc32)n1. The number of aryl methyl sites for hydroxylation is 1. The number of H-pyrrole nitrogens is 1. The first-order valence-corrected chi connectivity index (χ1v) is 8.91. The van der Waals surface area contributed by atoms with Gasteiger partial charge in [-0.2, -0.15) is 5.10 Å². The molecular formula is C19H20ClN5. The fourth-order valence-corrected chi connectivity index (χ4v) is 3.61. The van der Waals surface area contributed by atoms with Crippen LogP contribution in [-0.2, 0) is 6.42 Å². The van der Waals surface area contributed by atoms with Crippen molar-refractivity contribution in [2.24, 2.45) is 0 Å². The van der Waals surface area contributed by atoms with Crippen LogP contribution >= 0.6 is 11.6 Å². The van der Waals surface area contributed by atoms with Crippen LogP contribution < -0.4 is 5.32 Å². The van der Waals surface area contributed by atoms with Gasteiger partial charge in [-0.15, -0.1) is 0 Å². The number of rotatable bonds is 4. The quantitative estimate of drug-likeness (QED) is 0.710. The smallest absolute Gasteiger partial charge is 0.223 e. The molecule has 0 amide bonds. The van der Waals surface area contributed by atoms with Crippen molar-refractivity contribution in [3.8, 4) is 11.3 Å². The zero-order valence-electron chi connectivity index (χ0n) is 14.3. The molecule has 4 rings (SSSR count). The number of aromatic nitrogens is 4. The second-order valence-electron chi connectivity index (χ2n) is 6.70. The second-order valence-corrected chi connectivity index (χ2v) is 7.13. The number of benzene rings is 1. The molecular weight excluding hydrogens is 334 g/mol. The van der Waals surface area contributed by atoms with Crippen LogP contribution in [0.1, 0.15) is 49.0 Å². The molecule has 2 aromatic heterocycles. The third kappa shape index (κ3) is 3.12. The highest BCUT2D eigenvalue weighted by Gasteiger charge is 2.23. The lowest BCUT2D eigenvalue weighted by atomic mass is 10.0. The van der Waals surface area contributed by atoms with Crippen LogP contribution in [0.15, 0.2) is 36.7 Å². The van der Waals surface area contributed by atoms with Gasteiger partial charge in [-0.25, -0.2) is 9.97 Å². The van der Waals surface area contributed by atoms with Crippen molar-refractivity contribution >= 4 is 17.5 Å². The number of halogens is 1. The molecule has 2 N–H and O–H groups in total. The fraction of sp³-hybridized carbons (Fsp3) is 0.316. The van der Waals surface area contributed by atoms with Gasteiger partial charge in [0.25, 0.3) is 0 Å². The molecule has 0 bridgehead atoms. The van der Waals surface area contributed by atoms with Crippen LogP contribution in [0.25, 0.3) is 11.3 Å². The zero-order chi connectivity index (χ0) is 17.4. The van der Waals surface area contributed by atoms with Crippen molar-refractivity contribution in [1.29, 1.82) is 0 Å². The lowest BCUT2D eigenvalue weighted by molar-refractivity contribution is 0.751. The molecule has 0 saturated heterocycles. The number of fused-ring (bicyclic) bond motifs is 1. The molecule has 6 heteroatoms. The Morgan fingerprint density at radius 2 is 2.16 bits per heavy atom. The van der Waals surface area contributed by atoms with E-state index >= 15 is 0 Å². The normalized spacial score (nSPS) is 16.2. The summed E-state index contributed by atoms with van der Waals surface area (Å²) < 4.78 is 0. The summed E-state index contributed by atoms with van der Waals surface area (Å²) in [6, 6.07) is 8.23. The summed E-state index contributed by atoms with van der Waals surface area (Å²) in [6.45, 7) is 4.27. The van der Waals surface area contributed by atoms with E-state index in [1.807, 2.05) is 18.3 Å².